The SMILES string of the molecule is O=C(NC[C@H](O)CN1CCc2c(ccc(OCc3cnco3)c2Cl)C1)c1ccnc(NC2CCN(C(=O)C3CC3)CC2)c1. The predicted octanol–water partition coefficient (Wildman–Crippen LogP) is 3.26. The van der Waals surface area contributed by atoms with E-state index >= 15 is 0 Å². The summed E-state index contributed by atoms with van der Waals surface area (Å²) in [6, 6.07) is 7.47. The number of carbonyl (C=O) groups is 2. The molecule has 0 bridgehead atoms. The smallest absolute Gasteiger partial charge is 0.251 e. The number of aliphatic hydroxyl groups is 1. The Morgan fingerprint density at radius 1 is 1.16 bits per heavy atom. The Morgan fingerprint density at radius 2 is 2.00 bits per heavy atom. The molecule has 2 aromatic heterocycles. The first-order valence-electron chi connectivity index (χ1n) is 14.9. The van der Waals surface area contributed by atoms with E-state index in [0.29, 0.717) is 46.9 Å². The summed E-state index contributed by atoms with van der Waals surface area (Å²) >= 11 is 6.65. The second-order valence-electron chi connectivity index (χ2n) is 11.6. The largest absolute Gasteiger partial charge is 0.484 e. The highest BCUT2D eigenvalue weighted by Crippen LogP contribution is 2.35. The molecule has 3 aromatic rings. The molecule has 12 heteroatoms. The van der Waals surface area contributed by atoms with E-state index in [1.165, 1.54) is 6.39 Å². The summed E-state index contributed by atoms with van der Waals surface area (Å²) in [5, 5.41) is 17.6. The van der Waals surface area contributed by atoms with Gasteiger partial charge in [0.2, 0.25) is 5.91 Å². The number of aliphatic hydroxyl groups excluding tert-OH is 1. The lowest BCUT2D eigenvalue weighted by atomic mass is 9.99. The topological polar surface area (TPSA) is 133 Å². The van der Waals surface area contributed by atoms with Crippen LogP contribution in [0.25, 0.3) is 0 Å². The first kappa shape index (κ1) is 29.4. The Hall–Kier alpha value is -3.67. The zero-order valence-corrected chi connectivity index (χ0v) is 24.8. The minimum Gasteiger partial charge on any atom is -0.484 e. The molecule has 1 aromatic carbocycles. The summed E-state index contributed by atoms with van der Waals surface area (Å²) in [7, 11) is 0. The molecule has 2 fully saturated rings. The van der Waals surface area contributed by atoms with E-state index in [9.17, 15) is 14.7 Å². The van der Waals surface area contributed by atoms with Crippen molar-refractivity contribution >= 4 is 29.2 Å². The summed E-state index contributed by atoms with van der Waals surface area (Å²) in [4.78, 5) is 37.6. The number of rotatable bonds is 11. The number of fused-ring (bicyclic) bond motifs is 1. The molecule has 1 saturated heterocycles. The lowest BCUT2D eigenvalue weighted by molar-refractivity contribution is -0.133. The van der Waals surface area contributed by atoms with Gasteiger partial charge < -0.3 is 29.8 Å². The normalized spacial score (nSPS) is 18.1. The average Bonchev–Trinajstić information content (AvgIpc) is 3.74. The van der Waals surface area contributed by atoms with Crippen LogP contribution in [0.2, 0.25) is 5.02 Å². The van der Waals surface area contributed by atoms with Gasteiger partial charge >= 0.3 is 0 Å². The van der Waals surface area contributed by atoms with Crippen molar-refractivity contribution in [1.82, 2.24) is 25.1 Å². The third-order valence-electron chi connectivity index (χ3n) is 8.30. The zero-order valence-electron chi connectivity index (χ0n) is 24.0. The monoisotopic (exact) mass is 608 g/mol. The first-order chi connectivity index (χ1) is 20.9. The number of amides is 2. The summed E-state index contributed by atoms with van der Waals surface area (Å²) < 4.78 is 11.0. The Labute approximate surface area is 255 Å². The van der Waals surface area contributed by atoms with E-state index in [2.05, 4.69) is 25.5 Å². The molecule has 2 aliphatic heterocycles. The number of carbonyl (C=O) groups excluding carboxylic acids is 2. The number of likely N-dealkylation sites (tertiary alicyclic amines) is 1. The second-order valence-corrected chi connectivity index (χ2v) is 11.9. The third kappa shape index (κ3) is 7.46. The highest BCUT2D eigenvalue weighted by atomic mass is 35.5. The lowest BCUT2D eigenvalue weighted by Crippen LogP contribution is -2.43. The number of anilines is 1. The van der Waals surface area contributed by atoms with Gasteiger partial charge in [0.05, 0.1) is 17.3 Å². The van der Waals surface area contributed by atoms with Crippen molar-refractivity contribution in [1.29, 1.82) is 0 Å². The van der Waals surface area contributed by atoms with Gasteiger partial charge in [0.25, 0.3) is 5.91 Å². The number of hydrogen-bond acceptors (Lipinski definition) is 9. The minimum absolute atomic E-state index is 0.135. The molecule has 3 N–H and O–H groups in total. The molecular weight excluding hydrogens is 572 g/mol. The molecule has 0 radical (unpaired) electrons. The highest BCUT2D eigenvalue weighted by molar-refractivity contribution is 6.33. The molecule has 11 nitrogen and oxygen atoms in total. The van der Waals surface area contributed by atoms with Gasteiger partial charge in [0.1, 0.15) is 18.2 Å². The number of piperidine rings is 1. The second kappa shape index (κ2) is 13.3. The maximum atomic E-state index is 12.9. The van der Waals surface area contributed by atoms with Gasteiger partial charge in [-0.2, -0.15) is 0 Å². The van der Waals surface area contributed by atoms with Crippen molar-refractivity contribution in [2.45, 2.75) is 57.4 Å². The maximum absolute atomic E-state index is 12.9. The van der Waals surface area contributed by atoms with E-state index in [1.807, 2.05) is 17.0 Å². The fraction of sp³-hybridized carbons (Fsp3) is 0.484. The number of aromatic nitrogens is 2. The van der Waals surface area contributed by atoms with Crippen molar-refractivity contribution < 1.29 is 23.8 Å². The summed E-state index contributed by atoms with van der Waals surface area (Å²) in [6.45, 7) is 3.69. The van der Waals surface area contributed by atoms with Gasteiger partial charge in [-0.15, -0.1) is 0 Å². The molecular formula is C31H37ClN6O5. The van der Waals surface area contributed by atoms with Crippen LogP contribution in [0.5, 0.6) is 5.75 Å². The van der Waals surface area contributed by atoms with E-state index < -0.39 is 6.10 Å². The van der Waals surface area contributed by atoms with E-state index in [1.54, 1.807) is 24.5 Å². The van der Waals surface area contributed by atoms with Crippen LogP contribution in [-0.4, -0.2) is 81.6 Å². The van der Waals surface area contributed by atoms with Gasteiger partial charge in [-0.25, -0.2) is 9.97 Å². The molecule has 0 unspecified atom stereocenters. The van der Waals surface area contributed by atoms with Gasteiger partial charge in [-0.05, 0) is 61.4 Å². The van der Waals surface area contributed by atoms with Crippen LogP contribution in [0.1, 0.15) is 52.9 Å². The number of pyridine rings is 1. The summed E-state index contributed by atoms with van der Waals surface area (Å²) in [5.74, 6) is 2.15. The van der Waals surface area contributed by atoms with Crippen LogP contribution < -0.4 is 15.4 Å². The summed E-state index contributed by atoms with van der Waals surface area (Å²) in [6.07, 6.45) is 8.35. The molecule has 1 saturated carbocycles. The molecule has 0 spiro atoms. The first-order valence-corrected chi connectivity index (χ1v) is 15.3. The average molecular weight is 609 g/mol. The van der Waals surface area contributed by atoms with Crippen LogP contribution in [0.3, 0.4) is 0 Å². The van der Waals surface area contributed by atoms with Crippen molar-refractivity contribution in [2.75, 3.05) is 38.0 Å². The number of nitrogens with zero attached hydrogens (tertiary/aromatic N) is 4. The molecule has 2 amide bonds. The van der Waals surface area contributed by atoms with E-state index in [0.717, 1.165) is 62.9 Å². The van der Waals surface area contributed by atoms with Gasteiger partial charge in [0, 0.05) is 63.0 Å². The number of halogens is 1. The van der Waals surface area contributed by atoms with E-state index in [-0.39, 0.29) is 31.0 Å². The number of hydrogen-bond donors (Lipinski definition) is 3. The van der Waals surface area contributed by atoms with Gasteiger partial charge in [0.15, 0.2) is 12.2 Å². The molecule has 1 aliphatic carbocycles. The van der Waals surface area contributed by atoms with Gasteiger partial charge in [-0.3, -0.25) is 14.5 Å². The lowest BCUT2D eigenvalue weighted by Gasteiger charge is -2.32. The highest BCUT2D eigenvalue weighted by Gasteiger charge is 2.35. The van der Waals surface area contributed by atoms with Crippen molar-refractivity contribution in [3.05, 3.63) is 70.5 Å². The van der Waals surface area contributed by atoms with Crippen LogP contribution in [-0.2, 0) is 24.4 Å². The van der Waals surface area contributed by atoms with E-state index in [4.69, 9.17) is 20.8 Å². The minimum atomic E-state index is -0.728. The number of benzene rings is 1. The predicted molar refractivity (Wildman–Crippen MR) is 160 cm³/mol. The molecule has 1 atom stereocenters. The van der Waals surface area contributed by atoms with Crippen LogP contribution in [0.15, 0.2) is 47.5 Å². The molecule has 43 heavy (non-hydrogen) atoms. The molecule has 6 rings (SSSR count). The molecule has 4 heterocycles. The number of β-amino-alcohol motifs (C(OH)–C–C–N with tert-alkyl or cyclic N) is 1. The fourth-order valence-electron chi connectivity index (χ4n) is 5.75. The molecule has 3 aliphatic rings. The Balaban J connectivity index is 0.943. The maximum Gasteiger partial charge on any atom is 0.251 e. The molecule has 228 valence electrons. The number of ether oxygens (including phenoxy) is 1. The van der Waals surface area contributed by atoms with Crippen molar-refractivity contribution in [2.24, 2.45) is 5.92 Å². The fourth-order valence-corrected chi connectivity index (χ4v) is 6.08. The van der Waals surface area contributed by atoms with Crippen LogP contribution in [0, 0.1) is 5.92 Å². The van der Waals surface area contributed by atoms with Crippen LogP contribution >= 0.6 is 11.6 Å². The standard InChI is InChI=1S/C31H37ClN6O5/c32-29-26-8-10-37(16-22(26)3-4-27(29)42-18-25-15-33-19-43-25)17-24(39)14-35-30(40)21-5-9-34-28(13-21)36-23-6-11-38(12-7-23)31(41)20-1-2-20/h3-5,9,13,15,19-20,23-24,39H,1-2,6-8,10-12,14,16-18H2,(H,34,36)(H,35,40)/t24-/m0/s1. The number of nitrogens with one attached hydrogen (secondary N) is 2. The Bertz CT molecular complexity index is 1420. The zero-order chi connectivity index (χ0) is 29.8. The number of oxazole rings is 1. The van der Waals surface area contributed by atoms with Crippen LogP contribution in [0.4, 0.5) is 5.82 Å². The van der Waals surface area contributed by atoms with Crippen molar-refractivity contribution in [3.63, 3.8) is 0 Å². The Morgan fingerprint density at radius 3 is 2.77 bits per heavy atom. The van der Waals surface area contributed by atoms with Crippen molar-refractivity contribution in [3.8, 4) is 5.75 Å². The van der Waals surface area contributed by atoms with Gasteiger partial charge in [-0.1, -0.05) is 17.7 Å². The summed E-state index contributed by atoms with van der Waals surface area (Å²) in [5.41, 5.74) is 2.63. The third-order valence-corrected chi connectivity index (χ3v) is 8.72. The Kier molecular flexibility index (Phi) is 9.11. The quantitative estimate of drug-likeness (QED) is 0.300.